The molecule has 1 N–H and O–H groups in total. The Morgan fingerprint density at radius 3 is 2.63 bits per heavy atom. The van der Waals surface area contributed by atoms with E-state index in [2.05, 4.69) is 0 Å². The van der Waals surface area contributed by atoms with E-state index < -0.39 is 0 Å². The summed E-state index contributed by atoms with van der Waals surface area (Å²) < 4.78 is 0. The summed E-state index contributed by atoms with van der Waals surface area (Å²) in [5, 5.41) is 9.53. The van der Waals surface area contributed by atoms with Crippen molar-refractivity contribution in [2.24, 2.45) is 0 Å². The first-order valence-corrected chi connectivity index (χ1v) is 6.39. The Bertz CT molecular complexity index is 607. The molecule has 0 saturated heterocycles. The lowest BCUT2D eigenvalue weighted by molar-refractivity contribution is 0.0734. The molecule has 2 aromatic rings. The molecular weight excluding hydrogens is 238 g/mol. The van der Waals surface area contributed by atoms with Gasteiger partial charge in [-0.3, -0.25) is 4.79 Å². The van der Waals surface area contributed by atoms with E-state index in [0.29, 0.717) is 12.1 Å². The molecular formula is C16H15NO2. The Hall–Kier alpha value is -2.29. The van der Waals surface area contributed by atoms with Crippen LogP contribution in [0.5, 0.6) is 5.75 Å². The van der Waals surface area contributed by atoms with Gasteiger partial charge in [0.2, 0.25) is 0 Å². The number of fused-ring (bicyclic) bond motifs is 1. The normalized spacial score (nSPS) is 14.0. The van der Waals surface area contributed by atoms with Crippen molar-refractivity contribution in [2.45, 2.75) is 13.0 Å². The fourth-order valence-corrected chi connectivity index (χ4v) is 2.48. The van der Waals surface area contributed by atoms with Crippen molar-refractivity contribution in [1.82, 2.24) is 4.90 Å². The quantitative estimate of drug-likeness (QED) is 0.848. The van der Waals surface area contributed by atoms with Gasteiger partial charge in [0.25, 0.3) is 5.91 Å². The zero-order valence-electron chi connectivity index (χ0n) is 10.5. The van der Waals surface area contributed by atoms with Crippen LogP contribution in [-0.2, 0) is 13.0 Å². The monoisotopic (exact) mass is 253 g/mol. The van der Waals surface area contributed by atoms with Crippen LogP contribution in [0.15, 0.2) is 48.5 Å². The Kier molecular flexibility index (Phi) is 2.95. The van der Waals surface area contributed by atoms with Crippen molar-refractivity contribution in [3.05, 3.63) is 65.2 Å². The summed E-state index contributed by atoms with van der Waals surface area (Å²) in [6, 6.07) is 14.7. The lowest BCUT2D eigenvalue weighted by atomic mass is 9.99. The number of amides is 1. The van der Waals surface area contributed by atoms with Gasteiger partial charge in [0.05, 0.1) is 0 Å². The number of hydrogen-bond donors (Lipinski definition) is 1. The molecule has 1 amide bonds. The van der Waals surface area contributed by atoms with Crippen LogP contribution < -0.4 is 0 Å². The van der Waals surface area contributed by atoms with Crippen LogP contribution in [-0.4, -0.2) is 22.5 Å². The number of hydrogen-bond acceptors (Lipinski definition) is 2. The third kappa shape index (κ3) is 2.32. The smallest absolute Gasteiger partial charge is 0.254 e. The summed E-state index contributed by atoms with van der Waals surface area (Å²) in [4.78, 5) is 14.2. The molecule has 3 heteroatoms. The summed E-state index contributed by atoms with van der Waals surface area (Å²) in [7, 11) is 0. The lowest BCUT2D eigenvalue weighted by Gasteiger charge is -2.29. The summed E-state index contributed by atoms with van der Waals surface area (Å²) in [6.07, 6.45) is 0.841. The molecule has 3 rings (SSSR count). The standard InChI is InChI=1S/C16H15NO2/c18-15-7-6-12-8-9-17(11-14(12)10-15)16(19)13-4-2-1-3-5-13/h1-7,10,18H,8-9,11H2. The maximum atomic E-state index is 12.4. The molecule has 0 radical (unpaired) electrons. The minimum absolute atomic E-state index is 0.0505. The average Bonchev–Trinajstić information content (AvgIpc) is 2.46. The van der Waals surface area contributed by atoms with Gasteiger partial charge in [0, 0.05) is 18.7 Å². The third-order valence-corrected chi connectivity index (χ3v) is 3.51. The summed E-state index contributed by atoms with van der Waals surface area (Å²) in [5.41, 5.74) is 2.97. The Labute approximate surface area is 112 Å². The predicted molar refractivity (Wildman–Crippen MR) is 73.0 cm³/mol. The van der Waals surface area contributed by atoms with E-state index in [9.17, 15) is 9.90 Å². The van der Waals surface area contributed by atoms with Crippen molar-refractivity contribution in [1.29, 1.82) is 0 Å². The molecule has 0 bridgehead atoms. The fraction of sp³-hybridized carbons (Fsp3) is 0.188. The number of nitrogens with zero attached hydrogens (tertiary/aromatic N) is 1. The minimum Gasteiger partial charge on any atom is -0.508 e. The molecule has 0 fully saturated rings. The van der Waals surface area contributed by atoms with Crippen LogP contribution in [0.4, 0.5) is 0 Å². The highest BCUT2D eigenvalue weighted by Crippen LogP contribution is 2.24. The minimum atomic E-state index is 0.0505. The molecule has 3 nitrogen and oxygen atoms in total. The van der Waals surface area contributed by atoms with Gasteiger partial charge in [-0.1, -0.05) is 24.3 Å². The maximum absolute atomic E-state index is 12.4. The van der Waals surface area contributed by atoms with E-state index in [1.165, 1.54) is 5.56 Å². The summed E-state index contributed by atoms with van der Waals surface area (Å²) in [6.45, 7) is 1.29. The van der Waals surface area contributed by atoms with Gasteiger partial charge >= 0.3 is 0 Å². The maximum Gasteiger partial charge on any atom is 0.254 e. The molecule has 0 atom stereocenters. The number of carbonyl (C=O) groups excluding carboxylic acids is 1. The largest absolute Gasteiger partial charge is 0.508 e. The second-order valence-electron chi connectivity index (χ2n) is 4.80. The molecule has 1 aliphatic rings. The van der Waals surface area contributed by atoms with Crippen LogP contribution in [0, 0.1) is 0 Å². The zero-order valence-corrected chi connectivity index (χ0v) is 10.5. The van der Waals surface area contributed by atoms with Crippen molar-refractivity contribution in [2.75, 3.05) is 6.54 Å². The first kappa shape index (κ1) is 11.8. The Morgan fingerprint density at radius 1 is 1.05 bits per heavy atom. The highest BCUT2D eigenvalue weighted by atomic mass is 16.3. The van der Waals surface area contributed by atoms with E-state index in [1.54, 1.807) is 12.1 Å². The van der Waals surface area contributed by atoms with Crippen LogP contribution in [0.2, 0.25) is 0 Å². The highest BCUT2D eigenvalue weighted by Gasteiger charge is 2.21. The highest BCUT2D eigenvalue weighted by molar-refractivity contribution is 5.94. The molecule has 2 aromatic carbocycles. The molecule has 0 aliphatic carbocycles. The van der Waals surface area contributed by atoms with E-state index >= 15 is 0 Å². The Balaban J connectivity index is 1.84. The van der Waals surface area contributed by atoms with Gasteiger partial charge < -0.3 is 10.0 Å². The van der Waals surface area contributed by atoms with Crippen molar-refractivity contribution in [3.63, 3.8) is 0 Å². The number of aromatic hydroxyl groups is 1. The molecule has 19 heavy (non-hydrogen) atoms. The molecule has 0 spiro atoms. The molecule has 0 aromatic heterocycles. The summed E-state index contributed by atoms with van der Waals surface area (Å²) >= 11 is 0. The van der Waals surface area contributed by atoms with Crippen molar-refractivity contribution in [3.8, 4) is 5.75 Å². The first-order chi connectivity index (χ1) is 9.24. The van der Waals surface area contributed by atoms with Crippen molar-refractivity contribution < 1.29 is 9.90 Å². The van der Waals surface area contributed by atoms with Gasteiger partial charge in [-0.25, -0.2) is 0 Å². The predicted octanol–water partition coefficient (Wildman–Crippen LogP) is 2.59. The number of phenols is 1. The second kappa shape index (κ2) is 4.76. The fourth-order valence-electron chi connectivity index (χ4n) is 2.48. The topological polar surface area (TPSA) is 40.5 Å². The number of phenolic OH excluding ortho intramolecular Hbond substituents is 1. The van der Waals surface area contributed by atoms with E-state index in [4.69, 9.17) is 0 Å². The van der Waals surface area contributed by atoms with Crippen LogP contribution in [0.25, 0.3) is 0 Å². The molecule has 0 unspecified atom stereocenters. The third-order valence-electron chi connectivity index (χ3n) is 3.51. The summed E-state index contributed by atoms with van der Waals surface area (Å²) in [5.74, 6) is 0.308. The van der Waals surface area contributed by atoms with Gasteiger partial charge in [-0.2, -0.15) is 0 Å². The van der Waals surface area contributed by atoms with Gasteiger partial charge in [0.1, 0.15) is 5.75 Å². The number of carbonyl (C=O) groups is 1. The molecule has 96 valence electrons. The first-order valence-electron chi connectivity index (χ1n) is 6.39. The number of benzene rings is 2. The number of rotatable bonds is 1. The second-order valence-corrected chi connectivity index (χ2v) is 4.80. The SMILES string of the molecule is O=C(c1ccccc1)N1CCc2ccc(O)cc2C1. The average molecular weight is 253 g/mol. The van der Waals surface area contributed by atoms with Gasteiger partial charge in [0.15, 0.2) is 0 Å². The van der Waals surface area contributed by atoms with E-state index in [1.807, 2.05) is 41.3 Å². The van der Waals surface area contributed by atoms with Crippen LogP contribution in [0.3, 0.4) is 0 Å². The molecule has 1 heterocycles. The molecule has 1 aliphatic heterocycles. The zero-order chi connectivity index (χ0) is 13.2. The van der Waals surface area contributed by atoms with Crippen LogP contribution in [0.1, 0.15) is 21.5 Å². The van der Waals surface area contributed by atoms with E-state index in [0.717, 1.165) is 18.5 Å². The Morgan fingerprint density at radius 2 is 1.84 bits per heavy atom. The van der Waals surface area contributed by atoms with E-state index in [-0.39, 0.29) is 11.7 Å². The molecule has 0 saturated carbocycles. The van der Waals surface area contributed by atoms with Gasteiger partial charge in [-0.15, -0.1) is 0 Å². The van der Waals surface area contributed by atoms with Crippen LogP contribution >= 0.6 is 0 Å². The van der Waals surface area contributed by atoms with Gasteiger partial charge in [-0.05, 0) is 41.8 Å². The lowest BCUT2D eigenvalue weighted by Crippen LogP contribution is -2.35. The van der Waals surface area contributed by atoms with Crippen molar-refractivity contribution >= 4 is 5.91 Å².